The Balaban J connectivity index is 2.27. The van der Waals surface area contributed by atoms with Gasteiger partial charge in [-0.1, -0.05) is 19.8 Å². The highest BCUT2D eigenvalue weighted by Gasteiger charge is 2.32. The molecule has 1 aliphatic carbocycles. The molecule has 1 rings (SSSR count). The summed E-state index contributed by atoms with van der Waals surface area (Å²) < 4.78 is 0. The van der Waals surface area contributed by atoms with E-state index in [0.29, 0.717) is 6.54 Å². The van der Waals surface area contributed by atoms with Gasteiger partial charge in [0.1, 0.15) is 0 Å². The van der Waals surface area contributed by atoms with Crippen LogP contribution in [-0.2, 0) is 9.59 Å². The highest BCUT2D eigenvalue weighted by Crippen LogP contribution is 2.40. The van der Waals surface area contributed by atoms with Crippen molar-refractivity contribution in [1.82, 2.24) is 10.6 Å². The molecule has 1 fully saturated rings. The summed E-state index contributed by atoms with van der Waals surface area (Å²) in [4.78, 5) is 33.1. The van der Waals surface area contributed by atoms with Gasteiger partial charge >= 0.3 is 12.0 Å². The summed E-state index contributed by atoms with van der Waals surface area (Å²) in [7, 11) is 0. The molecule has 1 aliphatic rings. The summed E-state index contributed by atoms with van der Waals surface area (Å²) in [6.07, 6.45) is 5.16. The number of imide groups is 1. The standard InChI is InChI=1S/C13H22N2O4/c1-2-13(7-3-4-8-13)9-14-12(19)15-10(16)5-6-11(17)18/h2-9H2,1H3,(H,17,18)(H2,14,15,16,19). The zero-order valence-corrected chi connectivity index (χ0v) is 11.3. The third kappa shape index (κ3) is 5.28. The fraction of sp³-hybridized carbons (Fsp3) is 0.769. The Morgan fingerprint density at radius 2 is 1.79 bits per heavy atom. The molecular formula is C13H22N2O4. The Morgan fingerprint density at radius 3 is 2.32 bits per heavy atom. The first-order chi connectivity index (χ1) is 8.97. The van der Waals surface area contributed by atoms with Crippen LogP contribution in [0.3, 0.4) is 0 Å². The molecule has 6 nitrogen and oxygen atoms in total. The quantitative estimate of drug-likeness (QED) is 0.683. The van der Waals surface area contributed by atoms with Crippen LogP contribution in [0.5, 0.6) is 0 Å². The van der Waals surface area contributed by atoms with E-state index in [1.807, 2.05) is 0 Å². The Hall–Kier alpha value is -1.59. The number of rotatable bonds is 6. The van der Waals surface area contributed by atoms with Crippen molar-refractivity contribution in [2.24, 2.45) is 5.41 Å². The van der Waals surface area contributed by atoms with Crippen LogP contribution in [0.2, 0.25) is 0 Å². The largest absolute Gasteiger partial charge is 0.481 e. The van der Waals surface area contributed by atoms with E-state index in [1.165, 1.54) is 12.8 Å². The van der Waals surface area contributed by atoms with Crippen molar-refractivity contribution in [3.8, 4) is 0 Å². The monoisotopic (exact) mass is 270 g/mol. The zero-order chi connectivity index (χ0) is 14.3. The SMILES string of the molecule is CCC1(CNC(=O)NC(=O)CCC(=O)O)CCCC1. The highest BCUT2D eigenvalue weighted by molar-refractivity contribution is 5.95. The predicted octanol–water partition coefficient (Wildman–Crippen LogP) is 1.65. The number of urea groups is 1. The molecular weight excluding hydrogens is 248 g/mol. The third-order valence-electron chi connectivity index (χ3n) is 3.86. The minimum Gasteiger partial charge on any atom is -0.481 e. The molecule has 6 heteroatoms. The number of amides is 3. The summed E-state index contributed by atoms with van der Waals surface area (Å²) in [6, 6.07) is -0.532. The number of carbonyl (C=O) groups is 3. The first-order valence-corrected chi connectivity index (χ1v) is 6.77. The molecule has 0 aromatic carbocycles. The van der Waals surface area contributed by atoms with Crippen molar-refractivity contribution >= 4 is 17.9 Å². The maximum Gasteiger partial charge on any atom is 0.321 e. The molecule has 0 atom stereocenters. The first kappa shape index (κ1) is 15.5. The fourth-order valence-electron chi connectivity index (χ4n) is 2.50. The smallest absolute Gasteiger partial charge is 0.321 e. The lowest BCUT2D eigenvalue weighted by atomic mass is 9.83. The molecule has 0 aromatic heterocycles. The van der Waals surface area contributed by atoms with E-state index < -0.39 is 17.9 Å². The molecule has 0 spiro atoms. The molecule has 0 saturated heterocycles. The Labute approximate surface area is 112 Å². The van der Waals surface area contributed by atoms with Gasteiger partial charge < -0.3 is 10.4 Å². The van der Waals surface area contributed by atoms with Crippen LogP contribution in [0.4, 0.5) is 4.79 Å². The molecule has 108 valence electrons. The van der Waals surface area contributed by atoms with E-state index in [4.69, 9.17) is 5.11 Å². The summed E-state index contributed by atoms with van der Waals surface area (Å²) in [6.45, 7) is 2.68. The maximum atomic E-state index is 11.5. The van der Waals surface area contributed by atoms with E-state index in [9.17, 15) is 14.4 Å². The van der Waals surface area contributed by atoms with Crippen LogP contribution in [-0.4, -0.2) is 29.6 Å². The summed E-state index contributed by atoms with van der Waals surface area (Å²) >= 11 is 0. The van der Waals surface area contributed by atoms with E-state index >= 15 is 0 Å². The number of aliphatic carboxylic acids is 1. The molecule has 0 aromatic rings. The van der Waals surface area contributed by atoms with Gasteiger partial charge in [-0.25, -0.2) is 4.79 Å². The van der Waals surface area contributed by atoms with E-state index in [0.717, 1.165) is 19.3 Å². The highest BCUT2D eigenvalue weighted by atomic mass is 16.4. The minimum absolute atomic E-state index is 0.168. The average Bonchev–Trinajstić information content (AvgIpc) is 2.83. The second-order valence-corrected chi connectivity index (χ2v) is 5.19. The molecule has 0 aliphatic heterocycles. The number of nitrogens with one attached hydrogen (secondary N) is 2. The van der Waals surface area contributed by atoms with Gasteiger partial charge in [-0.3, -0.25) is 14.9 Å². The molecule has 0 heterocycles. The normalized spacial score (nSPS) is 16.9. The third-order valence-corrected chi connectivity index (χ3v) is 3.86. The topological polar surface area (TPSA) is 95.5 Å². The lowest BCUT2D eigenvalue weighted by Crippen LogP contribution is -2.44. The zero-order valence-electron chi connectivity index (χ0n) is 11.3. The van der Waals surface area contributed by atoms with Crippen LogP contribution < -0.4 is 10.6 Å². The van der Waals surface area contributed by atoms with Gasteiger partial charge in [0.2, 0.25) is 5.91 Å². The number of carboxylic acids is 1. The van der Waals surface area contributed by atoms with Gasteiger partial charge in [0.25, 0.3) is 0 Å². The van der Waals surface area contributed by atoms with E-state index in [2.05, 4.69) is 17.6 Å². The van der Waals surface area contributed by atoms with Gasteiger partial charge in [-0.2, -0.15) is 0 Å². The van der Waals surface area contributed by atoms with Crippen molar-refractivity contribution in [2.45, 2.75) is 51.9 Å². The van der Waals surface area contributed by atoms with Crippen LogP contribution >= 0.6 is 0 Å². The summed E-state index contributed by atoms with van der Waals surface area (Å²) in [5.74, 6) is -1.61. The Bertz CT molecular complexity index is 349. The molecule has 3 amide bonds. The van der Waals surface area contributed by atoms with Gasteiger partial charge in [0.05, 0.1) is 6.42 Å². The number of carboxylic acid groups (broad SMARTS) is 1. The molecule has 1 saturated carbocycles. The second kappa shape index (κ2) is 7.11. The number of hydrogen-bond donors (Lipinski definition) is 3. The Morgan fingerprint density at radius 1 is 1.16 bits per heavy atom. The second-order valence-electron chi connectivity index (χ2n) is 5.19. The van der Waals surface area contributed by atoms with Crippen molar-refractivity contribution < 1.29 is 19.5 Å². The first-order valence-electron chi connectivity index (χ1n) is 6.77. The van der Waals surface area contributed by atoms with Crippen molar-refractivity contribution in [3.05, 3.63) is 0 Å². The van der Waals surface area contributed by atoms with Gasteiger partial charge in [-0.05, 0) is 24.7 Å². The molecule has 0 bridgehead atoms. The summed E-state index contributed by atoms with van der Waals surface area (Å²) in [5, 5.41) is 13.3. The summed E-state index contributed by atoms with van der Waals surface area (Å²) in [5.41, 5.74) is 0.168. The molecule has 3 N–H and O–H groups in total. The van der Waals surface area contributed by atoms with Crippen molar-refractivity contribution in [3.63, 3.8) is 0 Å². The van der Waals surface area contributed by atoms with Crippen LogP contribution in [0.25, 0.3) is 0 Å². The van der Waals surface area contributed by atoms with Gasteiger partial charge in [-0.15, -0.1) is 0 Å². The lowest BCUT2D eigenvalue weighted by molar-refractivity contribution is -0.138. The molecule has 0 radical (unpaired) electrons. The van der Waals surface area contributed by atoms with Crippen LogP contribution in [0.15, 0.2) is 0 Å². The maximum absolute atomic E-state index is 11.5. The van der Waals surface area contributed by atoms with Gasteiger partial charge in [0.15, 0.2) is 0 Å². The lowest BCUT2D eigenvalue weighted by Gasteiger charge is -2.27. The van der Waals surface area contributed by atoms with E-state index in [1.54, 1.807) is 0 Å². The van der Waals surface area contributed by atoms with Crippen LogP contribution in [0, 0.1) is 5.41 Å². The fourth-order valence-corrected chi connectivity index (χ4v) is 2.50. The van der Waals surface area contributed by atoms with Gasteiger partial charge in [0, 0.05) is 13.0 Å². The number of hydrogen-bond acceptors (Lipinski definition) is 3. The van der Waals surface area contributed by atoms with E-state index in [-0.39, 0.29) is 18.3 Å². The minimum atomic E-state index is -1.05. The van der Waals surface area contributed by atoms with Crippen molar-refractivity contribution in [1.29, 1.82) is 0 Å². The number of carbonyl (C=O) groups excluding carboxylic acids is 2. The predicted molar refractivity (Wildman–Crippen MR) is 69.6 cm³/mol. The average molecular weight is 270 g/mol. The molecule has 19 heavy (non-hydrogen) atoms. The van der Waals surface area contributed by atoms with Crippen molar-refractivity contribution in [2.75, 3.05) is 6.54 Å². The Kier molecular flexibility index (Phi) is 5.79. The van der Waals surface area contributed by atoms with Crippen LogP contribution in [0.1, 0.15) is 51.9 Å². The molecule has 0 unspecified atom stereocenters.